The molecule has 90 valence electrons. The summed E-state index contributed by atoms with van der Waals surface area (Å²) in [4.78, 5) is 14.8. The van der Waals surface area contributed by atoms with Crippen molar-refractivity contribution in [3.8, 4) is 0 Å². The average molecular weight is 233 g/mol. The second kappa shape index (κ2) is 4.45. The first kappa shape index (κ1) is 11.4. The molecular formula is C12H15N3O2. The Morgan fingerprint density at radius 3 is 3.00 bits per heavy atom. The molecule has 0 unspecified atom stereocenters. The number of imidazole rings is 1. The van der Waals surface area contributed by atoms with Crippen LogP contribution in [0.15, 0.2) is 18.2 Å². The lowest BCUT2D eigenvalue weighted by Gasteiger charge is -2.02. The lowest BCUT2D eigenvalue weighted by Crippen LogP contribution is -2.23. The summed E-state index contributed by atoms with van der Waals surface area (Å²) in [7, 11) is 1.98. The second-order valence-corrected chi connectivity index (χ2v) is 4.02. The number of aromatic nitrogens is 2. The second-order valence-electron chi connectivity index (χ2n) is 4.02. The molecule has 0 fully saturated rings. The third-order valence-corrected chi connectivity index (χ3v) is 2.86. The molecule has 0 radical (unpaired) electrons. The van der Waals surface area contributed by atoms with Gasteiger partial charge in [0.15, 0.2) is 0 Å². The standard InChI is InChI=1S/C12H15N3O2/c1-8-14-10-7-9(5-6-13-12(16)17)3-4-11(10)15(8)2/h3-4,7,13H,5-6H2,1-2H3,(H,16,17). The Hall–Kier alpha value is -2.04. The molecular weight excluding hydrogens is 218 g/mol. The molecule has 0 atom stereocenters. The fourth-order valence-corrected chi connectivity index (χ4v) is 1.84. The Kier molecular flexibility index (Phi) is 2.99. The van der Waals surface area contributed by atoms with Gasteiger partial charge in [0.2, 0.25) is 0 Å². The van der Waals surface area contributed by atoms with Crippen LogP contribution >= 0.6 is 0 Å². The molecule has 0 bridgehead atoms. The van der Waals surface area contributed by atoms with Crippen molar-refractivity contribution in [2.75, 3.05) is 6.54 Å². The highest BCUT2D eigenvalue weighted by atomic mass is 16.4. The number of aryl methyl sites for hydroxylation is 2. The predicted octanol–water partition coefficient (Wildman–Crippen LogP) is 1.69. The van der Waals surface area contributed by atoms with E-state index in [0.717, 1.165) is 22.4 Å². The van der Waals surface area contributed by atoms with Crippen molar-refractivity contribution in [1.82, 2.24) is 14.9 Å². The molecule has 2 rings (SSSR count). The molecule has 5 heteroatoms. The van der Waals surface area contributed by atoms with E-state index in [1.54, 1.807) is 0 Å². The molecule has 1 aromatic carbocycles. The zero-order valence-corrected chi connectivity index (χ0v) is 9.90. The van der Waals surface area contributed by atoms with E-state index < -0.39 is 6.09 Å². The minimum atomic E-state index is -0.986. The van der Waals surface area contributed by atoms with Gasteiger partial charge in [-0.05, 0) is 31.0 Å². The van der Waals surface area contributed by atoms with Gasteiger partial charge in [-0.2, -0.15) is 0 Å². The quantitative estimate of drug-likeness (QED) is 0.847. The summed E-state index contributed by atoms with van der Waals surface area (Å²) in [5.41, 5.74) is 3.14. The Morgan fingerprint density at radius 2 is 2.29 bits per heavy atom. The van der Waals surface area contributed by atoms with Gasteiger partial charge in [-0.25, -0.2) is 9.78 Å². The van der Waals surface area contributed by atoms with E-state index >= 15 is 0 Å². The van der Waals surface area contributed by atoms with Gasteiger partial charge in [-0.3, -0.25) is 0 Å². The number of carboxylic acid groups (broad SMARTS) is 1. The van der Waals surface area contributed by atoms with Gasteiger partial charge in [0, 0.05) is 13.6 Å². The van der Waals surface area contributed by atoms with Crippen molar-refractivity contribution < 1.29 is 9.90 Å². The molecule has 0 saturated carbocycles. The largest absolute Gasteiger partial charge is 0.465 e. The van der Waals surface area contributed by atoms with E-state index in [1.165, 1.54) is 0 Å². The molecule has 17 heavy (non-hydrogen) atoms. The van der Waals surface area contributed by atoms with Crippen LogP contribution in [0.4, 0.5) is 4.79 Å². The minimum absolute atomic E-state index is 0.423. The molecule has 0 saturated heterocycles. The van der Waals surface area contributed by atoms with Gasteiger partial charge < -0.3 is 15.0 Å². The Morgan fingerprint density at radius 1 is 1.53 bits per heavy atom. The molecule has 2 aromatic rings. The summed E-state index contributed by atoms with van der Waals surface area (Å²) in [6.45, 7) is 2.39. The van der Waals surface area contributed by atoms with Crippen LogP contribution in [0.3, 0.4) is 0 Å². The molecule has 0 aliphatic rings. The average Bonchev–Trinajstić information content (AvgIpc) is 2.54. The maximum absolute atomic E-state index is 10.3. The molecule has 1 aromatic heterocycles. The Balaban J connectivity index is 2.17. The number of hydrogen-bond donors (Lipinski definition) is 2. The van der Waals surface area contributed by atoms with E-state index in [4.69, 9.17) is 5.11 Å². The van der Waals surface area contributed by atoms with E-state index in [1.807, 2.05) is 36.7 Å². The number of nitrogens with zero attached hydrogens (tertiary/aromatic N) is 2. The Labute approximate surface area is 99.1 Å². The normalized spacial score (nSPS) is 10.7. The van der Waals surface area contributed by atoms with Crippen LogP contribution in [0.25, 0.3) is 11.0 Å². The molecule has 0 aliphatic carbocycles. The third-order valence-electron chi connectivity index (χ3n) is 2.86. The highest BCUT2D eigenvalue weighted by molar-refractivity contribution is 5.76. The zero-order chi connectivity index (χ0) is 12.4. The number of benzene rings is 1. The van der Waals surface area contributed by atoms with Gasteiger partial charge in [0.1, 0.15) is 5.82 Å². The molecule has 2 N–H and O–H groups in total. The molecule has 1 heterocycles. The third kappa shape index (κ3) is 2.38. The van der Waals surface area contributed by atoms with Crippen molar-refractivity contribution in [2.45, 2.75) is 13.3 Å². The zero-order valence-electron chi connectivity index (χ0n) is 9.90. The summed E-state index contributed by atoms with van der Waals surface area (Å²) in [6.07, 6.45) is -0.308. The fraction of sp³-hybridized carbons (Fsp3) is 0.333. The minimum Gasteiger partial charge on any atom is -0.465 e. The highest BCUT2D eigenvalue weighted by Gasteiger charge is 2.04. The van der Waals surface area contributed by atoms with E-state index in [-0.39, 0.29) is 0 Å². The summed E-state index contributed by atoms with van der Waals surface area (Å²) in [5, 5.41) is 10.8. The van der Waals surface area contributed by atoms with Crippen molar-refractivity contribution in [3.05, 3.63) is 29.6 Å². The van der Waals surface area contributed by atoms with E-state index in [2.05, 4.69) is 10.3 Å². The maximum Gasteiger partial charge on any atom is 0.404 e. The van der Waals surface area contributed by atoms with E-state index in [0.29, 0.717) is 13.0 Å². The van der Waals surface area contributed by atoms with Gasteiger partial charge >= 0.3 is 6.09 Å². The molecule has 0 aliphatic heterocycles. The van der Waals surface area contributed by atoms with Crippen molar-refractivity contribution in [1.29, 1.82) is 0 Å². The summed E-state index contributed by atoms with van der Waals surface area (Å²) < 4.78 is 2.04. The predicted molar refractivity (Wildman–Crippen MR) is 65.2 cm³/mol. The number of amides is 1. The summed E-state index contributed by atoms with van der Waals surface area (Å²) >= 11 is 0. The first-order chi connectivity index (χ1) is 8.08. The Bertz CT molecular complexity index is 560. The molecule has 5 nitrogen and oxygen atoms in total. The molecule has 1 amide bonds. The van der Waals surface area contributed by atoms with Crippen LogP contribution in [0.1, 0.15) is 11.4 Å². The maximum atomic E-state index is 10.3. The monoisotopic (exact) mass is 233 g/mol. The number of rotatable bonds is 3. The number of carbonyl (C=O) groups is 1. The lowest BCUT2D eigenvalue weighted by molar-refractivity contribution is 0.194. The molecule has 0 spiro atoms. The van der Waals surface area contributed by atoms with Crippen LogP contribution in [-0.2, 0) is 13.5 Å². The summed E-state index contributed by atoms with van der Waals surface area (Å²) in [5.74, 6) is 0.973. The number of nitrogens with one attached hydrogen (secondary N) is 1. The van der Waals surface area contributed by atoms with Crippen LogP contribution in [0, 0.1) is 6.92 Å². The first-order valence-corrected chi connectivity index (χ1v) is 5.46. The van der Waals surface area contributed by atoms with Gasteiger partial charge in [0.05, 0.1) is 11.0 Å². The van der Waals surface area contributed by atoms with Gasteiger partial charge in [0.25, 0.3) is 0 Å². The van der Waals surface area contributed by atoms with Crippen LogP contribution < -0.4 is 5.32 Å². The van der Waals surface area contributed by atoms with Gasteiger partial charge in [-0.1, -0.05) is 6.07 Å². The fourth-order valence-electron chi connectivity index (χ4n) is 1.84. The number of fused-ring (bicyclic) bond motifs is 1. The number of hydrogen-bond acceptors (Lipinski definition) is 2. The summed E-state index contributed by atoms with van der Waals surface area (Å²) in [6, 6.07) is 6.03. The SMILES string of the molecule is Cc1nc2cc(CCNC(=O)O)ccc2n1C. The van der Waals surface area contributed by atoms with Crippen LogP contribution in [-0.4, -0.2) is 27.3 Å². The first-order valence-electron chi connectivity index (χ1n) is 5.46. The van der Waals surface area contributed by atoms with Crippen molar-refractivity contribution >= 4 is 17.1 Å². The highest BCUT2D eigenvalue weighted by Crippen LogP contribution is 2.16. The van der Waals surface area contributed by atoms with Crippen LogP contribution in [0.2, 0.25) is 0 Å². The van der Waals surface area contributed by atoms with Crippen molar-refractivity contribution in [2.24, 2.45) is 7.05 Å². The lowest BCUT2D eigenvalue weighted by atomic mass is 10.1. The smallest absolute Gasteiger partial charge is 0.404 e. The van der Waals surface area contributed by atoms with E-state index in [9.17, 15) is 4.79 Å². The van der Waals surface area contributed by atoms with Gasteiger partial charge in [-0.15, -0.1) is 0 Å². The van der Waals surface area contributed by atoms with Crippen molar-refractivity contribution in [3.63, 3.8) is 0 Å². The topological polar surface area (TPSA) is 67.2 Å². The van der Waals surface area contributed by atoms with Crippen LogP contribution in [0.5, 0.6) is 0 Å².